The van der Waals surface area contributed by atoms with Gasteiger partial charge in [-0.1, -0.05) is 24.3 Å². The molecule has 2 atom stereocenters. The highest BCUT2D eigenvalue weighted by atomic mass is 16.6. The number of aryl methyl sites for hydroxylation is 1. The first-order valence-electron chi connectivity index (χ1n) is 6.93. The summed E-state index contributed by atoms with van der Waals surface area (Å²) in [5.74, 6) is 1.06. The van der Waals surface area contributed by atoms with Gasteiger partial charge in [0.05, 0.1) is 0 Å². The number of nitrogens with one attached hydrogen (secondary N) is 1. The molecule has 0 aromatic heterocycles. The number of carbonyl (C=O) groups is 1. The first-order chi connectivity index (χ1) is 10.1. The molecule has 4 heteroatoms. The van der Waals surface area contributed by atoms with Gasteiger partial charge in [0, 0.05) is 5.69 Å². The Balaban J connectivity index is 1.76. The molecule has 4 nitrogen and oxygen atoms in total. The summed E-state index contributed by atoms with van der Waals surface area (Å²) in [4.78, 5) is 12.4. The fourth-order valence-corrected chi connectivity index (χ4v) is 2.34. The molecule has 0 radical (unpaired) electrons. The van der Waals surface area contributed by atoms with Gasteiger partial charge in [-0.05, 0) is 43.7 Å². The average Bonchev–Trinajstić information content (AvgIpc) is 2.46. The van der Waals surface area contributed by atoms with E-state index < -0.39 is 6.10 Å². The Morgan fingerprint density at radius 2 is 1.76 bits per heavy atom. The molecule has 21 heavy (non-hydrogen) atoms. The molecule has 0 spiro atoms. The van der Waals surface area contributed by atoms with Crippen LogP contribution in [0.5, 0.6) is 11.5 Å². The zero-order chi connectivity index (χ0) is 14.8. The summed E-state index contributed by atoms with van der Waals surface area (Å²) in [5, 5.41) is 2.87. The molecule has 1 amide bonds. The second-order valence-corrected chi connectivity index (χ2v) is 5.17. The second kappa shape index (κ2) is 5.48. The van der Waals surface area contributed by atoms with Crippen molar-refractivity contribution in [3.63, 3.8) is 0 Å². The minimum atomic E-state index is -0.666. The SMILES string of the molecule is Cc1cccc(NC(=O)[C@@H]2Oc3ccccc3O[C@@H]2C)c1. The van der Waals surface area contributed by atoms with Crippen LogP contribution in [-0.4, -0.2) is 18.1 Å². The number of hydrogen-bond acceptors (Lipinski definition) is 3. The van der Waals surface area contributed by atoms with Crippen LogP contribution in [0.1, 0.15) is 12.5 Å². The third kappa shape index (κ3) is 2.84. The van der Waals surface area contributed by atoms with E-state index in [0.717, 1.165) is 11.3 Å². The molecular weight excluding hydrogens is 266 g/mol. The van der Waals surface area contributed by atoms with Crippen LogP contribution in [-0.2, 0) is 4.79 Å². The first kappa shape index (κ1) is 13.5. The molecule has 0 saturated carbocycles. The van der Waals surface area contributed by atoms with E-state index in [0.29, 0.717) is 11.5 Å². The van der Waals surface area contributed by atoms with Crippen LogP contribution in [0.25, 0.3) is 0 Å². The summed E-state index contributed by atoms with van der Waals surface area (Å²) < 4.78 is 11.5. The van der Waals surface area contributed by atoms with Gasteiger partial charge in [0.15, 0.2) is 11.5 Å². The molecule has 1 aliphatic heterocycles. The van der Waals surface area contributed by atoms with Crippen LogP contribution in [0.4, 0.5) is 5.69 Å². The van der Waals surface area contributed by atoms with Crippen LogP contribution in [0.3, 0.4) is 0 Å². The summed E-state index contributed by atoms with van der Waals surface area (Å²) in [6, 6.07) is 15.0. The molecule has 1 N–H and O–H groups in total. The predicted octanol–water partition coefficient (Wildman–Crippen LogP) is 3.16. The van der Waals surface area contributed by atoms with Crippen molar-refractivity contribution in [2.75, 3.05) is 5.32 Å². The van der Waals surface area contributed by atoms with Crippen molar-refractivity contribution in [2.24, 2.45) is 0 Å². The zero-order valence-electron chi connectivity index (χ0n) is 12.0. The van der Waals surface area contributed by atoms with Crippen molar-refractivity contribution in [1.29, 1.82) is 0 Å². The Bertz CT molecular complexity index is 669. The van der Waals surface area contributed by atoms with E-state index in [1.165, 1.54) is 0 Å². The lowest BCUT2D eigenvalue weighted by Gasteiger charge is -2.31. The smallest absolute Gasteiger partial charge is 0.269 e. The Kier molecular flexibility index (Phi) is 3.52. The van der Waals surface area contributed by atoms with E-state index in [1.807, 2.05) is 56.3 Å². The molecule has 3 rings (SSSR count). The highest BCUT2D eigenvalue weighted by molar-refractivity contribution is 5.95. The lowest BCUT2D eigenvalue weighted by Crippen LogP contribution is -2.46. The molecule has 0 fully saturated rings. The van der Waals surface area contributed by atoms with Crippen LogP contribution >= 0.6 is 0 Å². The van der Waals surface area contributed by atoms with E-state index in [4.69, 9.17) is 9.47 Å². The zero-order valence-corrected chi connectivity index (χ0v) is 12.0. The average molecular weight is 283 g/mol. The van der Waals surface area contributed by atoms with Gasteiger partial charge in [0.2, 0.25) is 6.10 Å². The standard InChI is InChI=1S/C17H17NO3/c1-11-6-5-7-13(10-11)18-17(19)16-12(2)20-14-8-3-4-9-15(14)21-16/h3-10,12,16H,1-2H3,(H,18,19)/t12-,16-/m1/s1. The number of ether oxygens (including phenoxy) is 2. The number of para-hydroxylation sites is 2. The number of fused-ring (bicyclic) bond motifs is 1. The fraction of sp³-hybridized carbons (Fsp3) is 0.235. The van der Waals surface area contributed by atoms with Gasteiger partial charge >= 0.3 is 0 Å². The Labute approximate surface area is 123 Å². The molecule has 2 aromatic rings. The minimum Gasteiger partial charge on any atom is -0.482 e. The Morgan fingerprint density at radius 3 is 2.48 bits per heavy atom. The maximum absolute atomic E-state index is 12.4. The lowest BCUT2D eigenvalue weighted by molar-refractivity contribution is -0.128. The van der Waals surface area contributed by atoms with Crippen LogP contribution in [0.15, 0.2) is 48.5 Å². The number of anilines is 1. The predicted molar refractivity (Wildman–Crippen MR) is 80.8 cm³/mol. The highest BCUT2D eigenvalue weighted by Gasteiger charge is 2.34. The van der Waals surface area contributed by atoms with E-state index in [1.54, 1.807) is 6.07 Å². The molecule has 0 saturated heterocycles. The van der Waals surface area contributed by atoms with Gasteiger partial charge in [-0.15, -0.1) is 0 Å². The number of amides is 1. The van der Waals surface area contributed by atoms with Crippen molar-refractivity contribution in [3.05, 3.63) is 54.1 Å². The molecule has 0 aliphatic carbocycles. The monoisotopic (exact) mass is 283 g/mol. The molecule has 1 heterocycles. The van der Waals surface area contributed by atoms with Gasteiger partial charge < -0.3 is 14.8 Å². The van der Waals surface area contributed by atoms with Crippen molar-refractivity contribution in [3.8, 4) is 11.5 Å². The van der Waals surface area contributed by atoms with Crippen LogP contribution in [0, 0.1) is 6.92 Å². The quantitative estimate of drug-likeness (QED) is 0.921. The third-order valence-corrected chi connectivity index (χ3v) is 3.39. The summed E-state index contributed by atoms with van der Waals surface area (Å²) >= 11 is 0. The lowest BCUT2D eigenvalue weighted by atomic mass is 10.1. The topological polar surface area (TPSA) is 47.6 Å². The summed E-state index contributed by atoms with van der Waals surface area (Å²) in [7, 11) is 0. The highest BCUT2D eigenvalue weighted by Crippen LogP contribution is 2.33. The molecule has 108 valence electrons. The van der Waals surface area contributed by atoms with Gasteiger partial charge in [-0.2, -0.15) is 0 Å². The second-order valence-electron chi connectivity index (χ2n) is 5.17. The third-order valence-electron chi connectivity index (χ3n) is 3.39. The van der Waals surface area contributed by atoms with Crippen molar-refractivity contribution < 1.29 is 14.3 Å². The maximum atomic E-state index is 12.4. The normalized spacial score (nSPS) is 19.9. The summed E-state index contributed by atoms with van der Waals surface area (Å²) in [6.45, 7) is 3.81. The van der Waals surface area contributed by atoms with Gasteiger partial charge in [-0.25, -0.2) is 0 Å². The van der Waals surface area contributed by atoms with Crippen LogP contribution in [0.2, 0.25) is 0 Å². The van der Waals surface area contributed by atoms with Gasteiger partial charge in [-0.3, -0.25) is 4.79 Å². The van der Waals surface area contributed by atoms with Gasteiger partial charge in [0.1, 0.15) is 6.10 Å². The Morgan fingerprint density at radius 1 is 1.05 bits per heavy atom. The van der Waals surface area contributed by atoms with Crippen molar-refractivity contribution in [1.82, 2.24) is 0 Å². The van der Waals surface area contributed by atoms with Crippen LogP contribution < -0.4 is 14.8 Å². The molecule has 1 aliphatic rings. The van der Waals surface area contributed by atoms with E-state index in [9.17, 15) is 4.79 Å². The maximum Gasteiger partial charge on any atom is 0.269 e. The molecule has 0 bridgehead atoms. The van der Waals surface area contributed by atoms with E-state index in [2.05, 4.69) is 5.32 Å². The number of benzene rings is 2. The number of rotatable bonds is 2. The Hall–Kier alpha value is -2.49. The largest absolute Gasteiger partial charge is 0.482 e. The summed E-state index contributed by atoms with van der Waals surface area (Å²) in [5.41, 5.74) is 1.85. The molecular formula is C17H17NO3. The number of hydrogen-bond donors (Lipinski definition) is 1. The number of carbonyl (C=O) groups excluding carboxylic acids is 1. The molecule has 2 aromatic carbocycles. The van der Waals surface area contributed by atoms with E-state index in [-0.39, 0.29) is 12.0 Å². The fourth-order valence-electron chi connectivity index (χ4n) is 2.34. The van der Waals surface area contributed by atoms with E-state index >= 15 is 0 Å². The molecule has 0 unspecified atom stereocenters. The van der Waals surface area contributed by atoms with Crippen molar-refractivity contribution in [2.45, 2.75) is 26.1 Å². The van der Waals surface area contributed by atoms with Crippen molar-refractivity contribution >= 4 is 11.6 Å². The minimum absolute atomic E-state index is 0.206. The van der Waals surface area contributed by atoms with Gasteiger partial charge in [0.25, 0.3) is 5.91 Å². The first-order valence-corrected chi connectivity index (χ1v) is 6.93. The summed E-state index contributed by atoms with van der Waals surface area (Å²) in [6.07, 6.45) is -1.01.